The van der Waals surface area contributed by atoms with Crippen molar-refractivity contribution in [2.24, 2.45) is 5.92 Å². The van der Waals surface area contributed by atoms with Gasteiger partial charge in [-0.15, -0.1) is 0 Å². The number of hydrogen-bond donors (Lipinski definition) is 0. The zero-order valence-electron chi connectivity index (χ0n) is 8.38. The third kappa shape index (κ3) is 3.03. The van der Waals surface area contributed by atoms with E-state index in [2.05, 4.69) is 29.8 Å². The van der Waals surface area contributed by atoms with Gasteiger partial charge in [0.1, 0.15) is 0 Å². The van der Waals surface area contributed by atoms with Gasteiger partial charge in [0, 0.05) is 27.6 Å². The van der Waals surface area contributed by atoms with Crippen LogP contribution in [0.1, 0.15) is 20.3 Å². The molecule has 1 rings (SSSR count). The molecular weight excluding hydrogens is 252 g/mol. The van der Waals surface area contributed by atoms with Gasteiger partial charge in [0.25, 0.3) is 0 Å². The number of halogens is 1. The van der Waals surface area contributed by atoms with E-state index in [1.54, 1.807) is 6.26 Å². The molecule has 1 heterocycles. The topological polar surface area (TPSA) is 26.3 Å². The van der Waals surface area contributed by atoms with E-state index in [1.165, 1.54) is 0 Å². The summed E-state index contributed by atoms with van der Waals surface area (Å²) in [5.74, 6) is 1.30. The zero-order chi connectivity index (χ0) is 10.1. The highest BCUT2D eigenvalue weighted by Gasteiger charge is 2.41. The van der Waals surface area contributed by atoms with Crippen molar-refractivity contribution in [2.75, 3.05) is 18.6 Å². The lowest BCUT2D eigenvalue weighted by atomic mass is 9.96. The van der Waals surface area contributed by atoms with Gasteiger partial charge >= 0.3 is 0 Å². The molecule has 0 aromatic heterocycles. The van der Waals surface area contributed by atoms with Crippen molar-refractivity contribution < 1.29 is 8.95 Å². The first-order chi connectivity index (χ1) is 5.93. The Balaban J connectivity index is 2.42. The maximum Gasteiger partial charge on any atom is 0.0754 e. The van der Waals surface area contributed by atoms with Crippen LogP contribution in [0.25, 0.3) is 0 Å². The molecule has 0 amide bonds. The third-order valence-electron chi connectivity index (χ3n) is 2.52. The van der Waals surface area contributed by atoms with E-state index in [0.717, 1.165) is 18.8 Å². The zero-order valence-corrected chi connectivity index (χ0v) is 10.8. The van der Waals surface area contributed by atoms with Crippen LogP contribution in [0.15, 0.2) is 0 Å². The highest BCUT2D eigenvalue weighted by Crippen LogP contribution is 2.37. The van der Waals surface area contributed by atoms with Crippen molar-refractivity contribution in [1.29, 1.82) is 0 Å². The van der Waals surface area contributed by atoms with Gasteiger partial charge in [-0.05, 0) is 26.2 Å². The van der Waals surface area contributed by atoms with Gasteiger partial charge in [-0.1, -0.05) is 15.9 Å². The second-order valence-corrected chi connectivity index (χ2v) is 6.68. The van der Waals surface area contributed by atoms with Gasteiger partial charge in [0.05, 0.1) is 12.2 Å². The second-order valence-electron chi connectivity index (χ2n) is 4.14. The maximum absolute atomic E-state index is 10.9. The Morgan fingerprint density at radius 1 is 1.62 bits per heavy atom. The van der Waals surface area contributed by atoms with Crippen molar-refractivity contribution in [3.05, 3.63) is 0 Å². The third-order valence-corrected chi connectivity index (χ3v) is 5.18. The fourth-order valence-corrected chi connectivity index (χ4v) is 2.78. The average Bonchev–Trinajstić information content (AvgIpc) is 2.25. The molecule has 3 unspecified atom stereocenters. The van der Waals surface area contributed by atoms with Crippen LogP contribution < -0.4 is 0 Å². The van der Waals surface area contributed by atoms with E-state index in [1.807, 2.05) is 0 Å². The fraction of sp³-hybridized carbons (Fsp3) is 1.00. The minimum Gasteiger partial charge on any atom is -0.374 e. The van der Waals surface area contributed by atoms with E-state index in [0.29, 0.717) is 10.7 Å². The number of ether oxygens (including phenoxy) is 1. The molecule has 1 saturated heterocycles. The lowest BCUT2D eigenvalue weighted by molar-refractivity contribution is 0.0380. The number of rotatable bonds is 3. The molecule has 0 aromatic carbocycles. The van der Waals surface area contributed by atoms with Crippen molar-refractivity contribution in [3.8, 4) is 0 Å². The van der Waals surface area contributed by atoms with Crippen LogP contribution in [0, 0.1) is 5.92 Å². The lowest BCUT2D eigenvalue weighted by Crippen LogP contribution is -2.30. The molecule has 3 atom stereocenters. The molecule has 1 aliphatic heterocycles. The van der Waals surface area contributed by atoms with E-state index < -0.39 is 10.8 Å². The predicted molar refractivity (Wildman–Crippen MR) is 59.8 cm³/mol. The maximum atomic E-state index is 10.9. The smallest absolute Gasteiger partial charge is 0.0754 e. The van der Waals surface area contributed by atoms with Crippen molar-refractivity contribution in [3.63, 3.8) is 0 Å². The molecular formula is C9H17BrO2S. The van der Waals surface area contributed by atoms with Gasteiger partial charge < -0.3 is 4.74 Å². The van der Waals surface area contributed by atoms with Gasteiger partial charge in [-0.2, -0.15) is 0 Å². The molecule has 13 heavy (non-hydrogen) atoms. The van der Waals surface area contributed by atoms with E-state index in [4.69, 9.17) is 4.74 Å². The molecule has 0 aliphatic carbocycles. The van der Waals surface area contributed by atoms with Crippen LogP contribution in [-0.2, 0) is 15.5 Å². The quantitative estimate of drug-likeness (QED) is 0.732. The highest BCUT2D eigenvalue weighted by atomic mass is 79.9. The first-order valence-electron chi connectivity index (χ1n) is 4.51. The van der Waals surface area contributed by atoms with Crippen LogP contribution in [0.3, 0.4) is 0 Å². The first kappa shape index (κ1) is 11.7. The number of hydrogen-bond acceptors (Lipinski definition) is 2. The molecule has 1 aliphatic rings. The van der Waals surface area contributed by atoms with Crippen LogP contribution in [0.5, 0.6) is 0 Å². The minimum atomic E-state index is -0.678. The monoisotopic (exact) mass is 268 g/mol. The fourth-order valence-electron chi connectivity index (χ4n) is 1.60. The summed E-state index contributed by atoms with van der Waals surface area (Å²) in [6.07, 6.45) is 2.74. The first-order valence-corrected chi connectivity index (χ1v) is 7.16. The molecule has 0 bridgehead atoms. The molecule has 78 valence electrons. The van der Waals surface area contributed by atoms with Crippen LogP contribution in [0.2, 0.25) is 0 Å². The molecule has 1 fully saturated rings. The van der Waals surface area contributed by atoms with Gasteiger partial charge in [0.15, 0.2) is 0 Å². The summed E-state index contributed by atoms with van der Waals surface area (Å²) in [6, 6.07) is 0. The second kappa shape index (κ2) is 4.41. The van der Waals surface area contributed by atoms with Gasteiger partial charge in [-0.3, -0.25) is 4.21 Å². The molecule has 4 heteroatoms. The standard InChI is InChI=1S/C9H17BrO2S/c1-9(2)8(10)7(6-12-9)4-5-13(3)11/h7-8H,4-6H2,1-3H3. The summed E-state index contributed by atoms with van der Waals surface area (Å²) in [5, 5.41) is 0. The predicted octanol–water partition coefficient (Wildman–Crippen LogP) is 1.94. The molecule has 2 nitrogen and oxygen atoms in total. The van der Waals surface area contributed by atoms with Crippen LogP contribution >= 0.6 is 15.9 Å². The van der Waals surface area contributed by atoms with Crippen LogP contribution in [-0.4, -0.2) is 33.3 Å². The Morgan fingerprint density at radius 2 is 2.23 bits per heavy atom. The van der Waals surface area contributed by atoms with E-state index in [9.17, 15) is 4.21 Å². The normalized spacial score (nSPS) is 34.8. The molecule has 0 aromatic rings. The summed E-state index contributed by atoms with van der Waals surface area (Å²) in [4.78, 5) is 0.392. The summed E-state index contributed by atoms with van der Waals surface area (Å²) in [6.45, 7) is 4.98. The summed E-state index contributed by atoms with van der Waals surface area (Å²) >= 11 is 3.65. The van der Waals surface area contributed by atoms with Crippen LogP contribution in [0.4, 0.5) is 0 Å². The molecule has 0 saturated carbocycles. The lowest BCUT2D eigenvalue weighted by Gasteiger charge is -2.23. The van der Waals surface area contributed by atoms with E-state index in [-0.39, 0.29) is 5.60 Å². The summed E-state index contributed by atoms with van der Waals surface area (Å²) < 4.78 is 16.6. The Bertz CT molecular complexity index is 206. The van der Waals surface area contributed by atoms with Gasteiger partial charge in [0.2, 0.25) is 0 Å². The van der Waals surface area contributed by atoms with Crippen molar-refractivity contribution in [2.45, 2.75) is 30.7 Å². The highest BCUT2D eigenvalue weighted by molar-refractivity contribution is 9.09. The Morgan fingerprint density at radius 3 is 2.62 bits per heavy atom. The van der Waals surface area contributed by atoms with Gasteiger partial charge in [-0.25, -0.2) is 0 Å². The SMILES string of the molecule is CS(=O)CCC1COC(C)(C)C1Br. The van der Waals surface area contributed by atoms with Crippen molar-refractivity contribution >= 4 is 26.7 Å². The Labute approximate surface area is 91.0 Å². The molecule has 0 radical (unpaired) electrons. The summed E-state index contributed by atoms with van der Waals surface area (Å²) in [7, 11) is -0.678. The minimum absolute atomic E-state index is 0.0695. The molecule has 0 N–H and O–H groups in total. The summed E-state index contributed by atoms with van der Waals surface area (Å²) in [5.41, 5.74) is -0.0695. The Hall–Kier alpha value is 0.590. The average molecular weight is 269 g/mol. The van der Waals surface area contributed by atoms with E-state index >= 15 is 0 Å². The Kier molecular flexibility index (Phi) is 3.95. The molecule has 0 spiro atoms. The largest absolute Gasteiger partial charge is 0.374 e. The van der Waals surface area contributed by atoms with Crippen molar-refractivity contribution in [1.82, 2.24) is 0 Å². The number of alkyl halides is 1.